The van der Waals surface area contributed by atoms with E-state index in [1.807, 2.05) is 63.2 Å². The maximum Gasteiger partial charge on any atom is 0.261 e. The Morgan fingerprint density at radius 1 is 1.00 bits per heavy atom. The highest BCUT2D eigenvalue weighted by molar-refractivity contribution is 6.31. The zero-order valence-electron chi connectivity index (χ0n) is 19.7. The summed E-state index contributed by atoms with van der Waals surface area (Å²) in [5.74, 6) is 0.537. The van der Waals surface area contributed by atoms with Gasteiger partial charge in [-0.3, -0.25) is 9.59 Å². The minimum Gasteiger partial charge on any atom is -0.483 e. The van der Waals surface area contributed by atoms with E-state index >= 15 is 0 Å². The van der Waals surface area contributed by atoms with Crippen LogP contribution < -0.4 is 10.1 Å². The van der Waals surface area contributed by atoms with Crippen molar-refractivity contribution in [2.24, 2.45) is 0 Å². The first kappa shape index (κ1) is 25.7. The summed E-state index contributed by atoms with van der Waals surface area (Å²) >= 11 is 6.37. The van der Waals surface area contributed by atoms with Gasteiger partial charge in [0.05, 0.1) is 0 Å². The molecule has 0 radical (unpaired) electrons. The third-order valence-corrected chi connectivity index (χ3v) is 5.95. The van der Waals surface area contributed by atoms with Gasteiger partial charge in [-0.1, -0.05) is 75.7 Å². The van der Waals surface area contributed by atoms with E-state index in [1.54, 1.807) is 11.0 Å². The minimum atomic E-state index is -0.614. The van der Waals surface area contributed by atoms with E-state index < -0.39 is 6.04 Å². The van der Waals surface area contributed by atoms with Gasteiger partial charge < -0.3 is 15.0 Å². The number of carbonyl (C=O) groups is 2. The summed E-state index contributed by atoms with van der Waals surface area (Å²) in [4.78, 5) is 27.9. The lowest BCUT2D eigenvalue weighted by Gasteiger charge is -2.31. The first-order chi connectivity index (χ1) is 15.3. The predicted octanol–water partition coefficient (Wildman–Crippen LogP) is 5.56. The smallest absolute Gasteiger partial charge is 0.261 e. The fourth-order valence-corrected chi connectivity index (χ4v) is 3.68. The number of hydrogen-bond acceptors (Lipinski definition) is 3. The molecule has 0 bridgehead atoms. The molecule has 2 aromatic rings. The number of benzene rings is 2. The first-order valence-electron chi connectivity index (χ1n) is 11.3. The maximum atomic E-state index is 13.4. The van der Waals surface area contributed by atoms with Crippen LogP contribution in [0.3, 0.4) is 0 Å². The average Bonchev–Trinajstić information content (AvgIpc) is 2.78. The fourth-order valence-electron chi connectivity index (χ4n) is 3.48. The Morgan fingerprint density at radius 2 is 1.66 bits per heavy atom. The van der Waals surface area contributed by atoms with E-state index in [2.05, 4.69) is 19.2 Å². The molecule has 0 aromatic heterocycles. The Bertz CT molecular complexity index is 900. The number of para-hydroxylation sites is 1. The number of rotatable bonds is 11. The van der Waals surface area contributed by atoms with Crippen LogP contribution in [0.1, 0.15) is 64.5 Å². The van der Waals surface area contributed by atoms with Gasteiger partial charge in [-0.05, 0) is 48.9 Å². The Balaban J connectivity index is 2.27. The molecule has 2 amide bonds. The Labute approximate surface area is 197 Å². The molecule has 0 heterocycles. The summed E-state index contributed by atoms with van der Waals surface area (Å²) < 4.78 is 5.93. The van der Waals surface area contributed by atoms with Crippen molar-refractivity contribution in [3.05, 3.63) is 64.7 Å². The quantitative estimate of drug-likeness (QED) is 0.479. The highest BCUT2D eigenvalue weighted by Gasteiger charge is 2.30. The number of nitrogens with one attached hydrogen (secondary N) is 1. The van der Waals surface area contributed by atoms with Crippen LogP contribution in [0.15, 0.2) is 48.5 Å². The third kappa shape index (κ3) is 6.99. The van der Waals surface area contributed by atoms with Gasteiger partial charge in [-0.15, -0.1) is 0 Å². The van der Waals surface area contributed by atoms with Crippen LogP contribution in [0.25, 0.3) is 0 Å². The number of carbonyl (C=O) groups excluding carboxylic acids is 2. The van der Waals surface area contributed by atoms with E-state index in [1.165, 1.54) is 0 Å². The van der Waals surface area contributed by atoms with Crippen LogP contribution in [-0.2, 0) is 16.1 Å². The van der Waals surface area contributed by atoms with Gasteiger partial charge in [0, 0.05) is 17.6 Å². The van der Waals surface area contributed by atoms with Crippen LogP contribution >= 0.6 is 11.6 Å². The topological polar surface area (TPSA) is 58.6 Å². The van der Waals surface area contributed by atoms with Crippen LogP contribution in [0.5, 0.6) is 5.75 Å². The van der Waals surface area contributed by atoms with E-state index in [0.717, 1.165) is 17.5 Å². The van der Waals surface area contributed by atoms with Crippen molar-refractivity contribution in [2.75, 3.05) is 6.61 Å². The van der Waals surface area contributed by atoms with Crippen LogP contribution in [-0.4, -0.2) is 35.4 Å². The van der Waals surface area contributed by atoms with Gasteiger partial charge in [-0.2, -0.15) is 0 Å². The number of hydrogen-bond donors (Lipinski definition) is 1. The first-order valence-corrected chi connectivity index (χ1v) is 11.7. The van der Waals surface area contributed by atoms with E-state index in [9.17, 15) is 9.59 Å². The van der Waals surface area contributed by atoms with E-state index in [0.29, 0.717) is 17.2 Å². The van der Waals surface area contributed by atoms with Gasteiger partial charge >= 0.3 is 0 Å². The minimum absolute atomic E-state index is 0.0305. The molecule has 1 N–H and O–H groups in total. The Hall–Kier alpha value is -2.53. The molecule has 0 spiro atoms. The second-order valence-corrected chi connectivity index (χ2v) is 8.74. The standard InChI is InChI=1S/C26H35ClN2O3/c1-6-19(5)28-26(31)23(7-2)29(16-20-12-8-10-14-22(20)27)25(30)17-32-24-15-11-9-13-21(24)18(3)4/h8-15,18-19,23H,6-7,16-17H2,1-5H3,(H,28,31)/t19-,23+/m1/s1. The molecule has 2 atom stereocenters. The number of ether oxygens (including phenoxy) is 1. The van der Waals surface area contributed by atoms with Gasteiger partial charge in [-0.25, -0.2) is 0 Å². The van der Waals surface area contributed by atoms with Crippen LogP contribution in [0, 0.1) is 0 Å². The summed E-state index contributed by atoms with van der Waals surface area (Å²) in [7, 11) is 0. The number of halogens is 1. The van der Waals surface area contributed by atoms with Gasteiger partial charge in [0.2, 0.25) is 5.91 Å². The summed E-state index contributed by atoms with van der Waals surface area (Å²) in [6.45, 7) is 10.1. The van der Waals surface area contributed by atoms with E-state index in [-0.39, 0.29) is 36.9 Å². The van der Waals surface area contributed by atoms with Crippen LogP contribution in [0.4, 0.5) is 0 Å². The predicted molar refractivity (Wildman–Crippen MR) is 130 cm³/mol. The molecule has 32 heavy (non-hydrogen) atoms. The molecule has 0 aliphatic carbocycles. The lowest BCUT2D eigenvalue weighted by Crippen LogP contribution is -2.51. The molecule has 0 saturated heterocycles. The highest BCUT2D eigenvalue weighted by atomic mass is 35.5. The molecular weight excluding hydrogens is 424 g/mol. The van der Waals surface area contributed by atoms with Crippen molar-refractivity contribution >= 4 is 23.4 Å². The molecule has 0 aliphatic rings. The van der Waals surface area contributed by atoms with Crippen molar-refractivity contribution in [2.45, 2.75) is 72.0 Å². The van der Waals surface area contributed by atoms with Crippen molar-refractivity contribution in [3.63, 3.8) is 0 Å². The fraction of sp³-hybridized carbons (Fsp3) is 0.462. The second-order valence-electron chi connectivity index (χ2n) is 8.34. The zero-order valence-corrected chi connectivity index (χ0v) is 20.5. The molecule has 0 saturated carbocycles. The second kappa shape index (κ2) is 12.5. The molecule has 5 nitrogen and oxygen atoms in total. The summed E-state index contributed by atoms with van der Waals surface area (Å²) in [6.07, 6.45) is 1.30. The molecule has 174 valence electrons. The average molecular weight is 459 g/mol. The van der Waals surface area contributed by atoms with Crippen molar-refractivity contribution < 1.29 is 14.3 Å². The maximum absolute atomic E-state index is 13.4. The molecular formula is C26H35ClN2O3. The summed E-state index contributed by atoms with van der Waals surface area (Å²) in [5, 5.41) is 3.57. The molecule has 2 aromatic carbocycles. The largest absolute Gasteiger partial charge is 0.483 e. The molecule has 0 fully saturated rings. The van der Waals surface area contributed by atoms with Crippen molar-refractivity contribution in [3.8, 4) is 5.75 Å². The molecule has 0 aliphatic heterocycles. The number of nitrogens with zero attached hydrogens (tertiary/aromatic N) is 1. The Kier molecular flexibility index (Phi) is 10.0. The van der Waals surface area contributed by atoms with Gasteiger partial charge in [0.25, 0.3) is 5.91 Å². The third-order valence-electron chi connectivity index (χ3n) is 5.58. The normalized spacial score (nSPS) is 12.8. The molecule has 6 heteroatoms. The van der Waals surface area contributed by atoms with E-state index in [4.69, 9.17) is 16.3 Å². The monoisotopic (exact) mass is 458 g/mol. The van der Waals surface area contributed by atoms with Crippen molar-refractivity contribution in [1.29, 1.82) is 0 Å². The molecule has 0 unspecified atom stereocenters. The van der Waals surface area contributed by atoms with Gasteiger partial charge in [0.1, 0.15) is 11.8 Å². The lowest BCUT2D eigenvalue weighted by molar-refractivity contribution is -0.143. The lowest BCUT2D eigenvalue weighted by atomic mass is 10.0. The summed E-state index contributed by atoms with van der Waals surface area (Å²) in [5.41, 5.74) is 1.83. The van der Waals surface area contributed by atoms with Crippen LogP contribution in [0.2, 0.25) is 5.02 Å². The van der Waals surface area contributed by atoms with Gasteiger partial charge in [0.15, 0.2) is 6.61 Å². The molecule has 2 rings (SSSR count). The zero-order chi connectivity index (χ0) is 23.7. The van der Waals surface area contributed by atoms with Crippen molar-refractivity contribution in [1.82, 2.24) is 10.2 Å². The number of amides is 2. The highest BCUT2D eigenvalue weighted by Crippen LogP contribution is 2.26. The SMILES string of the molecule is CC[C@@H](C)NC(=O)[C@H](CC)N(Cc1ccccc1Cl)C(=O)COc1ccccc1C(C)C. The Morgan fingerprint density at radius 3 is 2.28 bits per heavy atom. The summed E-state index contributed by atoms with van der Waals surface area (Å²) in [6, 6.07) is 14.5.